The van der Waals surface area contributed by atoms with Crippen LogP contribution in [0.4, 0.5) is 0 Å². The number of carbonyl (C=O) groups excluding carboxylic acids is 1. The predicted molar refractivity (Wildman–Crippen MR) is 98.9 cm³/mol. The minimum Gasteiger partial charge on any atom is -0.349 e. The van der Waals surface area contributed by atoms with Crippen molar-refractivity contribution in [1.29, 1.82) is 0 Å². The van der Waals surface area contributed by atoms with E-state index in [4.69, 9.17) is 0 Å². The van der Waals surface area contributed by atoms with Gasteiger partial charge in [0.1, 0.15) is 0 Å². The van der Waals surface area contributed by atoms with Gasteiger partial charge in [0.25, 0.3) is 5.91 Å². The van der Waals surface area contributed by atoms with Crippen molar-refractivity contribution in [3.63, 3.8) is 0 Å². The first-order chi connectivity index (χ1) is 12.1. The molecule has 128 valence electrons. The first kappa shape index (κ1) is 16.9. The van der Waals surface area contributed by atoms with Crippen LogP contribution in [0.5, 0.6) is 0 Å². The Balaban J connectivity index is 2.09. The van der Waals surface area contributed by atoms with Crippen molar-refractivity contribution >= 4 is 5.91 Å². The van der Waals surface area contributed by atoms with Gasteiger partial charge in [-0.1, -0.05) is 48.4 Å². The van der Waals surface area contributed by atoms with E-state index in [0.717, 1.165) is 23.2 Å². The van der Waals surface area contributed by atoms with Gasteiger partial charge in [-0.15, -0.1) is 5.10 Å². The highest BCUT2D eigenvalue weighted by atomic mass is 16.2. The van der Waals surface area contributed by atoms with E-state index in [-0.39, 0.29) is 11.7 Å². The molecule has 25 heavy (non-hydrogen) atoms. The van der Waals surface area contributed by atoms with Crippen LogP contribution >= 0.6 is 0 Å². The fourth-order valence-corrected chi connectivity index (χ4v) is 2.56. The van der Waals surface area contributed by atoms with Crippen LogP contribution in [0.25, 0.3) is 17.1 Å². The van der Waals surface area contributed by atoms with Gasteiger partial charge in [0.2, 0.25) is 5.82 Å². The van der Waals surface area contributed by atoms with E-state index in [9.17, 15) is 4.79 Å². The van der Waals surface area contributed by atoms with Gasteiger partial charge in [-0.25, -0.2) is 9.67 Å². The van der Waals surface area contributed by atoms with Crippen LogP contribution in [0.3, 0.4) is 0 Å². The molecule has 3 rings (SSSR count). The molecule has 2 aromatic carbocycles. The monoisotopic (exact) mass is 334 g/mol. The number of hydrogen-bond donors (Lipinski definition) is 1. The number of aryl methyl sites for hydroxylation is 2. The van der Waals surface area contributed by atoms with Crippen molar-refractivity contribution < 1.29 is 4.79 Å². The lowest BCUT2D eigenvalue weighted by Crippen LogP contribution is -2.25. The Hall–Kier alpha value is -2.95. The molecule has 0 atom stereocenters. The van der Waals surface area contributed by atoms with E-state index in [2.05, 4.69) is 15.4 Å². The fraction of sp³-hybridized carbons (Fsp3) is 0.250. The van der Waals surface area contributed by atoms with Crippen molar-refractivity contribution in [2.45, 2.75) is 27.2 Å². The third-order valence-corrected chi connectivity index (χ3v) is 3.90. The molecule has 0 bridgehead atoms. The maximum Gasteiger partial charge on any atom is 0.290 e. The average Bonchev–Trinajstić information content (AvgIpc) is 3.06. The molecule has 0 saturated heterocycles. The second-order valence-corrected chi connectivity index (χ2v) is 6.13. The molecule has 3 aromatic rings. The van der Waals surface area contributed by atoms with E-state index < -0.39 is 0 Å². The Labute approximate surface area is 147 Å². The molecule has 0 aliphatic heterocycles. The molecule has 0 saturated carbocycles. The van der Waals surface area contributed by atoms with E-state index in [1.54, 1.807) is 4.68 Å². The molecule has 1 aromatic heterocycles. The molecule has 1 N–H and O–H groups in total. The van der Waals surface area contributed by atoms with Gasteiger partial charge >= 0.3 is 0 Å². The summed E-state index contributed by atoms with van der Waals surface area (Å²) >= 11 is 0. The van der Waals surface area contributed by atoms with Gasteiger partial charge in [0.05, 0.1) is 5.69 Å². The van der Waals surface area contributed by atoms with Crippen LogP contribution < -0.4 is 5.32 Å². The van der Waals surface area contributed by atoms with Crippen LogP contribution in [-0.4, -0.2) is 27.2 Å². The van der Waals surface area contributed by atoms with Gasteiger partial charge in [-0.3, -0.25) is 4.79 Å². The molecule has 0 aliphatic carbocycles. The second kappa shape index (κ2) is 7.30. The SMILES string of the molecule is CCCNC(=O)c1nc(-c2cccc(C)c2)n(-c2ccc(C)cc2)n1. The van der Waals surface area contributed by atoms with Crippen molar-refractivity contribution in [3.05, 3.63) is 65.5 Å². The summed E-state index contributed by atoms with van der Waals surface area (Å²) in [6.07, 6.45) is 0.870. The Morgan fingerprint density at radius 3 is 2.52 bits per heavy atom. The summed E-state index contributed by atoms with van der Waals surface area (Å²) in [7, 11) is 0. The Bertz CT molecular complexity index is 881. The van der Waals surface area contributed by atoms with E-state index in [1.165, 1.54) is 5.56 Å². The molecular weight excluding hydrogens is 312 g/mol. The molecule has 0 fully saturated rings. The molecular formula is C20H22N4O. The molecule has 0 aliphatic rings. The van der Waals surface area contributed by atoms with Gasteiger partial charge in [0, 0.05) is 12.1 Å². The Kier molecular flexibility index (Phi) is 4.93. The second-order valence-electron chi connectivity index (χ2n) is 6.13. The zero-order valence-corrected chi connectivity index (χ0v) is 14.8. The van der Waals surface area contributed by atoms with Crippen molar-refractivity contribution in [1.82, 2.24) is 20.1 Å². The van der Waals surface area contributed by atoms with Crippen molar-refractivity contribution in [2.75, 3.05) is 6.54 Å². The standard InChI is InChI=1S/C20H22N4O/c1-4-12-21-20(25)18-22-19(16-7-5-6-15(3)13-16)24(23-18)17-10-8-14(2)9-11-17/h5-11,13H,4,12H2,1-3H3,(H,21,25). The number of hydrogen-bond acceptors (Lipinski definition) is 3. The highest BCUT2D eigenvalue weighted by Gasteiger charge is 2.18. The van der Waals surface area contributed by atoms with Crippen LogP contribution in [0.15, 0.2) is 48.5 Å². The minimum atomic E-state index is -0.249. The molecule has 1 amide bonds. The summed E-state index contributed by atoms with van der Waals surface area (Å²) in [6, 6.07) is 16.0. The lowest BCUT2D eigenvalue weighted by molar-refractivity contribution is 0.0943. The van der Waals surface area contributed by atoms with Gasteiger partial charge in [-0.2, -0.15) is 0 Å². The van der Waals surface area contributed by atoms with Crippen LogP contribution in [0, 0.1) is 13.8 Å². The third-order valence-electron chi connectivity index (χ3n) is 3.90. The summed E-state index contributed by atoms with van der Waals surface area (Å²) < 4.78 is 1.73. The zero-order valence-electron chi connectivity index (χ0n) is 14.8. The molecule has 5 heteroatoms. The zero-order chi connectivity index (χ0) is 17.8. The van der Waals surface area contributed by atoms with Gasteiger partial charge in [-0.05, 0) is 38.5 Å². The van der Waals surface area contributed by atoms with Crippen molar-refractivity contribution in [2.24, 2.45) is 0 Å². The summed E-state index contributed by atoms with van der Waals surface area (Å²) in [5, 5.41) is 7.30. The molecule has 0 radical (unpaired) electrons. The van der Waals surface area contributed by atoms with Crippen LogP contribution in [0.2, 0.25) is 0 Å². The summed E-state index contributed by atoms with van der Waals surface area (Å²) in [6.45, 7) is 6.69. The summed E-state index contributed by atoms with van der Waals surface area (Å²) in [4.78, 5) is 16.8. The molecule has 5 nitrogen and oxygen atoms in total. The number of benzene rings is 2. The molecule has 1 heterocycles. The number of amides is 1. The van der Waals surface area contributed by atoms with Crippen LogP contribution in [-0.2, 0) is 0 Å². The maximum atomic E-state index is 12.3. The fourth-order valence-electron chi connectivity index (χ4n) is 2.56. The Morgan fingerprint density at radius 2 is 1.84 bits per heavy atom. The number of nitrogens with one attached hydrogen (secondary N) is 1. The third kappa shape index (κ3) is 3.76. The van der Waals surface area contributed by atoms with Crippen LogP contribution in [0.1, 0.15) is 35.1 Å². The summed E-state index contributed by atoms with van der Waals surface area (Å²) in [5.74, 6) is 0.598. The topological polar surface area (TPSA) is 59.8 Å². The maximum absolute atomic E-state index is 12.3. The lowest BCUT2D eigenvalue weighted by atomic mass is 10.1. The van der Waals surface area contributed by atoms with E-state index in [1.807, 2.05) is 69.3 Å². The smallest absolute Gasteiger partial charge is 0.290 e. The van der Waals surface area contributed by atoms with Crippen molar-refractivity contribution in [3.8, 4) is 17.1 Å². The quantitative estimate of drug-likeness (QED) is 0.774. The highest BCUT2D eigenvalue weighted by Crippen LogP contribution is 2.22. The number of rotatable bonds is 5. The van der Waals surface area contributed by atoms with Gasteiger partial charge < -0.3 is 5.32 Å². The lowest BCUT2D eigenvalue weighted by Gasteiger charge is -2.07. The van der Waals surface area contributed by atoms with Gasteiger partial charge in [0.15, 0.2) is 5.82 Å². The number of aromatic nitrogens is 3. The minimum absolute atomic E-state index is 0.186. The molecule has 0 spiro atoms. The number of nitrogens with zero attached hydrogens (tertiary/aromatic N) is 3. The predicted octanol–water partition coefficient (Wildman–Crippen LogP) is 3.69. The largest absolute Gasteiger partial charge is 0.349 e. The first-order valence-corrected chi connectivity index (χ1v) is 8.48. The average molecular weight is 334 g/mol. The molecule has 0 unspecified atom stereocenters. The normalized spacial score (nSPS) is 10.7. The Morgan fingerprint density at radius 1 is 1.08 bits per heavy atom. The first-order valence-electron chi connectivity index (χ1n) is 8.48. The highest BCUT2D eigenvalue weighted by molar-refractivity contribution is 5.91. The van der Waals surface area contributed by atoms with E-state index in [0.29, 0.717) is 12.4 Å². The van der Waals surface area contributed by atoms with E-state index >= 15 is 0 Å². The number of carbonyl (C=O) groups is 1. The summed E-state index contributed by atoms with van der Waals surface area (Å²) in [5.41, 5.74) is 4.11.